The first-order valence-electron chi connectivity index (χ1n) is 9.46. The van der Waals surface area contributed by atoms with E-state index in [4.69, 9.17) is 0 Å². The molecule has 1 saturated heterocycles. The Balaban J connectivity index is 1.40. The fourth-order valence-electron chi connectivity index (χ4n) is 3.56. The lowest BCUT2D eigenvalue weighted by Crippen LogP contribution is -2.46. The Hall–Kier alpha value is -3.35. The standard InChI is InChI=1S/C21H23N5O2/c1-15-6-4-8-17(12-15)23-21(28)25-11-5-7-16(13-25)20(27)24-26-14-22-18-9-2-3-10-19(18)26/h2-4,6,8-10,12,14,16H,5,7,11,13H2,1H3,(H,23,28)(H,24,27). The predicted molar refractivity (Wildman–Crippen MR) is 109 cm³/mol. The number of para-hydroxylation sites is 2. The number of carbonyl (C=O) groups excluding carboxylic acids is 2. The lowest BCUT2D eigenvalue weighted by molar-refractivity contribution is -0.122. The van der Waals surface area contributed by atoms with Crippen molar-refractivity contribution in [3.8, 4) is 0 Å². The van der Waals surface area contributed by atoms with Crippen molar-refractivity contribution in [3.05, 3.63) is 60.4 Å². The van der Waals surface area contributed by atoms with Crippen LogP contribution in [0.4, 0.5) is 10.5 Å². The average Bonchev–Trinajstić information content (AvgIpc) is 3.11. The minimum atomic E-state index is -0.252. The van der Waals surface area contributed by atoms with E-state index in [2.05, 4.69) is 15.7 Å². The lowest BCUT2D eigenvalue weighted by atomic mass is 9.97. The number of aryl methyl sites for hydroxylation is 1. The molecule has 0 aliphatic carbocycles. The van der Waals surface area contributed by atoms with Crippen molar-refractivity contribution in [2.45, 2.75) is 19.8 Å². The van der Waals surface area contributed by atoms with E-state index in [1.54, 1.807) is 15.9 Å². The molecule has 1 aliphatic heterocycles. The number of anilines is 1. The first-order chi connectivity index (χ1) is 13.6. The average molecular weight is 377 g/mol. The van der Waals surface area contributed by atoms with E-state index in [0.717, 1.165) is 35.1 Å². The summed E-state index contributed by atoms with van der Waals surface area (Å²) in [6.45, 7) is 3.03. The van der Waals surface area contributed by atoms with E-state index in [1.165, 1.54) is 0 Å². The predicted octanol–water partition coefficient (Wildman–Crippen LogP) is 3.36. The number of fused-ring (bicyclic) bond motifs is 1. The topological polar surface area (TPSA) is 79.3 Å². The van der Waals surface area contributed by atoms with E-state index < -0.39 is 0 Å². The second-order valence-corrected chi connectivity index (χ2v) is 7.16. The van der Waals surface area contributed by atoms with Gasteiger partial charge in [0.25, 0.3) is 0 Å². The van der Waals surface area contributed by atoms with Crippen LogP contribution in [0.5, 0.6) is 0 Å². The number of hydrogen-bond donors (Lipinski definition) is 2. The number of rotatable bonds is 3. The maximum absolute atomic E-state index is 12.8. The molecule has 0 spiro atoms. The summed E-state index contributed by atoms with van der Waals surface area (Å²) in [7, 11) is 0. The SMILES string of the molecule is Cc1cccc(NC(=O)N2CCCC(C(=O)Nn3cnc4ccccc43)C2)c1. The molecule has 2 heterocycles. The van der Waals surface area contributed by atoms with Crippen LogP contribution in [0.15, 0.2) is 54.9 Å². The highest BCUT2D eigenvalue weighted by atomic mass is 16.2. The number of carbonyl (C=O) groups is 2. The van der Waals surface area contributed by atoms with Crippen molar-refractivity contribution in [2.75, 3.05) is 23.8 Å². The van der Waals surface area contributed by atoms with Gasteiger partial charge in [-0.2, -0.15) is 0 Å². The highest BCUT2D eigenvalue weighted by Gasteiger charge is 2.29. The van der Waals surface area contributed by atoms with Gasteiger partial charge in [0.15, 0.2) is 0 Å². The van der Waals surface area contributed by atoms with Crippen LogP contribution in [0.3, 0.4) is 0 Å². The number of benzene rings is 2. The van der Waals surface area contributed by atoms with E-state index in [-0.39, 0.29) is 17.9 Å². The Labute approximate surface area is 163 Å². The molecule has 0 radical (unpaired) electrons. The van der Waals surface area contributed by atoms with E-state index >= 15 is 0 Å². The number of likely N-dealkylation sites (tertiary alicyclic amines) is 1. The maximum Gasteiger partial charge on any atom is 0.321 e. The van der Waals surface area contributed by atoms with Gasteiger partial charge in [-0.15, -0.1) is 0 Å². The Kier molecular flexibility index (Phi) is 4.97. The molecule has 1 fully saturated rings. The number of imidazole rings is 1. The van der Waals surface area contributed by atoms with Gasteiger partial charge in [-0.25, -0.2) is 14.5 Å². The maximum atomic E-state index is 12.8. The van der Waals surface area contributed by atoms with Gasteiger partial charge in [0.05, 0.1) is 17.0 Å². The number of hydrogen-bond acceptors (Lipinski definition) is 3. The number of nitrogens with one attached hydrogen (secondary N) is 2. The molecule has 144 valence electrons. The van der Waals surface area contributed by atoms with Crippen LogP contribution >= 0.6 is 0 Å². The molecular weight excluding hydrogens is 354 g/mol. The summed E-state index contributed by atoms with van der Waals surface area (Å²) in [5.74, 6) is -0.352. The summed E-state index contributed by atoms with van der Waals surface area (Å²) in [6.07, 6.45) is 3.16. The van der Waals surface area contributed by atoms with Crippen LogP contribution in [-0.2, 0) is 4.79 Å². The van der Waals surface area contributed by atoms with Crippen molar-refractivity contribution in [1.82, 2.24) is 14.6 Å². The molecule has 4 rings (SSSR count). The quantitative estimate of drug-likeness (QED) is 0.735. The van der Waals surface area contributed by atoms with Gasteiger partial charge in [-0.3, -0.25) is 10.2 Å². The van der Waals surface area contributed by atoms with Crippen molar-refractivity contribution in [1.29, 1.82) is 0 Å². The highest BCUT2D eigenvalue weighted by molar-refractivity contribution is 5.91. The zero-order valence-electron chi connectivity index (χ0n) is 15.8. The van der Waals surface area contributed by atoms with Crippen molar-refractivity contribution >= 4 is 28.7 Å². The molecule has 2 aromatic carbocycles. The number of aromatic nitrogens is 2. The number of nitrogens with zero attached hydrogens (tertiary/aromatic N) is 3. The molecular formula is C21H23N5O2. The molecule has 1 atom stereocenters. The summed E-state index contributed by atoms with van der Waals surface area (Å²) in [5, 5.41) is 2.92. The van der Waals surface area contributed by atoms with Gasteiger partial charge in [-0.1, -0.05) is 24.3 Å². The summed E-state index contributed by atoms with van der Waals surface area (Å²) in [6, 6.07) is 15.1. The third kappa shape index (κ3) is 3.83. The molecule has 7 nitrogen and oxygen atoms in total. The van der Waals surface area contributed by atoms with Crippen molar-refractivity contribution in [3.63, 3.8) is 0 Å². The first-order valence-corrected chi connectivity index (χ1v) is 9.46. The van der Waals surface area contributed by atoms with Gasteiger partial charge >= 0.3 is 6.03 Å². The second-order valence-electron chi connectivity index (χ2n) is 7.16. The van der Waals surface area contributed by atoms with E-state index in [1.807, 2.05) is 55.5 Å². The number of piperidine rings is 1. The number of amides is 3. The molecule has 0 bridgehead atoms. The third-order valence-corrected chi connectivity index (χ3v) is 5.03. The summed E-state index contributed by atoms with van der Waals surface area (Å²) >= 11 is 0. The van der Waals surface area contributed by atoms with Crippen LogP contribution in [0.2, 0.25) is 0 Å². The summed E-state index contributed by atoms with van der Waals surface area (Å²) < 4.78 is 1.64. The van der Waals surface area contributed by atoms with Crippen molar-refractivity contribution in [2.24, 2.45) is 5.92 Å². The lowest BCUT2D eigenvalue weighted by Gasteiger charge is -2.32. The molecule has 2 N–H and O–H groups in total. The first kappa shape index (κ1) is 18.0. The van der Waals surface area contributed by atoms with Gasteiger partial charge in [0, 0.05) is 18.8 Å². The third-order valence-electron chi connectivity index (χ3n) is 5.03. The largest absolute Gasteiger partial charge is 0.324 e. The molecule has 1 aliphatic rings. The normalized spacial score (nSPS) is 16.8. The molecule has 3 amide bonds. The fourth-order valence-corrected chi connectivity index (χ4v) is 3.56. The molecule has 0 saturated carbocycles. The highest BCUT2D eigenvalue weighted by Crippen LogP contribution is 2.19. The van der Waals surface area contributed by atoms with Crippen LogP contribution < -0.4 is 10.7 Å². The monoisotopic (exact) mass is 377 g/mol. The Bertz CT molecular complexity index is 1010. The van der Waals surface area contributed by atoms with E-state index in [9.17, 15) is 9.59 Å². The van der Waals surface area contributed by atoms with Gasteiger partial charge in [0.1, 0.15) is 6.33 Å². The van der Waals surface area contributed by atoms with Gasteiger partial charge in [0.2, 0.25) is 5.91 Å². The Morgan fingerprint density at radius 3 is 2.86 bits per heavy atom. The minimum absolute atomic E-state index is 0.101. The zero-order chi connectivity index (χ0) is 19.5. The summed E-state index contributed by atoms with van der Waals surface area (Å²) in [5.41, 5.74) is 6.43. The molecule has 3 aromatic rings. The molecule has 1 aromatic heterocycles. The van der Waals surface area contributed by atoms with E-state index in [0.29, 0.717) is 13.1 Å². The van der Waals surface area contributed by atoms with Crippen LogP contribution in [0.1, 0.15) is 18.4 Å². The molecule has 1 unspecified atom stereocenters. The van der Waals surface area contributed by atoms with Crippen LogP contribution in [-0.4, -0.2) is 39.6 Å². The number of urea groups is 1. The second kappa shape index (κ2) is 7.72. The van der Waals surface area contributed by atoms with Crippen molar-refractivity contribution < 1.29 is 9.59 Å². The molecule has 28 heavy (non-hydrogen) atoms. The minimum Gasteiger partial charge on any atom is -0.324 e. The van der Waals surface area contributed by atoms with Crippen LogP contribution in [0.25, 0.3) is 11.0 Å². The van der Waals surface area contributed by atoms with Crippen LogP contribution in [0, 0.1) is 12.8 Å². The fraction of sp³-hybridized carbons (Fsp3) is 0.286. The Morgan fingerprint density at radius 1 is 1.14 bits per heavy atom. The smallest absolute Gasteiger partial charge is 0.321 e. The summed E-state index contributed by atoms with van der Waals surface area (Å²) in [4.78, 5) is 31.4. The molecule has 7 heteroatoms. The Morgan fingerprint density at radius 2 is 2.00 bits per heavy atom. The van der Waals surface area contributed by atoms with Gasteiger partial charge in [-0.05, 0) is 49.6 Å². The van der Waals surface area contributed by atoms with Gasteiger partial charge < -0.3 is 10.2 Å². The zero-order valence-corrected chi connectivity index (χ0v) is 15.8.